The summed E-state index contributed by atoms with van der Waals surface area (Å²) < 4.78 is 41.8. The Morgan fingerprint density at radius 1 is 1.10 bits per heavy atom. The summed E-state index contributed by atoms with van der Waals surface area (Å²) in [6.07, 6.45) is 5.38. The van der Waals surface area contributed by atoms with Crippen LogP contribution in [0, 0.1) is 17.2 Å². The molecule has 0 aliphatic heterocycles. The van der Waals surface area contributed by atoms with Crippen molar-refractivity contribution in [3.8, 4) is 0 Å². The predicted molar refractivity (Wildman–Crippen MR) is 123 cm³/mol. The summed E-state index contributed by atoms with van der Waals surface area (Å²) in [5.74, 6) is 0.474. The van der Waals surface area contributed by atoms with E-state index in [1.807, 2.05) is 0 Å². The van der Waals surface area contributed by atoms with Crippen LogP contribution in [0.4, 0.5) is 4.39 Å². The summed E-state index contributed by atoms with van der Waals surface area (Å²) in [7, 11) is -3.67. The van der Waals surface area contributed by atoms with Crippen LogP contribution in [0.5, 0.6) is 0 Å². The van der Waals surface area contributed by atoms with Crippen molar-refractivity contribution in [2.45, 2.75) is 76.0 Å². The van der Waals surface area contributed by atoms with Crippen LogP contribution in [0.15, 0.2) is 47.4 Å². The first-order chi connectivity index (χ1) is 14.6. The van der Waals surface area contributed by atoms with Crippen LogP contribution in [0.2, 0.25) is 0 Å². The minimum absolute atomic E-state index is 0.0623. The lowest BCUT2D eigenvalue weighted by Crippen LogP contribution is -2.53. The lowest BCUT2D eigenvalue weighted by molar-refractivity contribution is 0.0298. The Balaban J connectivity index is 1.61. The average molecular weight is 444 g/mol. The minimum atomic E-state index is -3.67. The third kappa shape index (κ3) is 4.07. The van der Waals surface area contributed by atoms with Crippen molar-refractivity contribution in [1.82, 2.24) is 4.72 Å². The molecule has 0 heterocycles. The van der Waals surface area contributed by atoms with Gasteiger partial charge in [0.2, 0.25) is 10.0 Å². The van der Waals surface area contributed by atoms with E-state index in [0.717, 1.165) is 32.1 Å². The molecule has 0 spiro atoms. The van der Waals surface area contributed by atoms with E-state index in [9.17, 15) is 12.8 Å². The summed E-state index contributed by atoms with van der Waals surface area (Å²) >= 11 is 0. The molecule has 31 heavy (non-hydrogen) atoms. The van der Waals surface area contributed by atoms with Crippen LogP contribution in [-0.4, -0.2) is 15.0 Å². The van der Waals surface area contributed by atoms with Crippen molar-refractivity contribution in [2.75, 3.05) is 6.54 Å². The van der Waals surface area contributed by atoms with Crippen LogP contribution in [0.1, 0.15) is 76.0 Å². The SMILES string of the molecule is CC(C)c1ccc2c(c1)[C@@]1(C)CCC[C@@](C)(CNS(=O)(=O)c3ccc(F)cc3)[C@@H]1CC2. The second-order valence-corrected chi connectivity index (χ2v) is 12.1. The third-order valence-electron chi connectivity index (χ3n) is 7.96. The Morgan fingerprint density at radius 2 is 1.81 bits per heavy atom. The molecule has 2 aliphatic rings. The first-order valence-corrected chi connectivity index (χ1v) is 12.9. The zero-order valence-electron chi connectivity index (χ0n) is 19.0. The van der Waals surface area contributed by atoms with Crippen LogP contribution < -0.4 is 4.72 Å². The predicted octanol–water partition coefficient (Wildman–Crippen LogP) is 5.94. The summed E-state index contributed by atoms with van der Waals surface area (Å²) in [4.78, 5) is 0.117. The molecule has 5 heteroatoms. The Bertz CT molecular complexity index is 1060. The number of fused-ring (bicyclic) bond motifs is 3. The monoisotopic (exact) mass is 443 g/mol. The van der Waals surface area contributed by atoms with Crippen molar-refractivity contribution in [2.24, 2.45) is 11.3 Å². The van der Waals surface area contributed by atoms with Crippen molar-refractivity contribution in [3.05, 3.63) is 65.0 Å². The number of nitrogens with one attached hydrogen (secondary N) is 1. The van der Waals surface area contributed by atoms with Gasteiger partial charge in [0.15, 0.2) is 0 Å². The Morgan fingerprint density at radius 3 is 2.48 bits per heavy atom. The van der Waals surface area contributed by atoms with E-state index in [2.05, 4.69) is 50.6 Å². The number of aryl methyl sites for hydroxylation is 1. The van der Waals surface area contributed by atoms with E-state index in [0.29, 0.717) is 18.4 Å². The van der Waals surface area contributed by atoms with Gasteiger partial charge in [0.25, 0.3) is 0 Å². The highest BCUT2D eigenvalue weighted by molar-refractivity contribution is 7.89. The fourth-order valence-electron chi connectivity index (χ4n) is 6.14. The first-order valence-electron chi connectivity index (χ1n) is 11.4. The van der Waals surface area contributed by atoms with Gasteiger partial charge in [-0.05, 0) is 89.3 Å². The number of sulfonamides is 1. The largest absolute Gasteiger partial charge is 0.240 e. The zero-order chi connectivity index (χ0) is 22.4. The molecule has 4 rings (SSSR count). The zero-order valence-corrected chi connectivity index (χ0v) is 19.9. The molecule has 2 aromatic carbocycles. The number of rotatable bonds is 5. The number of benzene rings is 2. The standard InChI is InChI=1S/C26H34FNO2S/c1-18(2)20-7-6-19-8-13-24-25(3,14-5-15-26(24,4)23(19)16-20)17-28-31(29,30)22-11-9-21(27)10-12-22/h6-7,9-12,16,18,24,28H,5,8,13-15,17H2,1-4H3/t24-,25-,26+/m0/s1. The molecule has 0 aromatic heterocycles. The number of hydrogen-bond acceptors (Lipinski definition) is 2. The van der Waals surface area contributed by atoms with E-state index in [1.54, 1.807) is 0 Å². The second-order valence-electron chi connectivity index (χ2n) is 10.4. The highest BCUT2D eigenvalue weighted by atomic mass is 32.2. The molecule has 0 unspecified atom stereocenters. The Kier molecular flexibility index (Phi) is 5.80. The average Bonchev–Trinajstić information content (AvgIpc) is 2.72. The van der Waals surface area contributed by atoms with Crippen molar-refractivity contribution >= 4 is 10.0 Å². The van der Waals surface area contributed by atoms with Gasteiger partial charge in [0.05, 0.1) is 4.90 Å². The van der Waals surface area contributed by atoms with Gasteiger partial charge in [0.1, 0.15) is 5.82 Å². The van der Waals surface area contributed by atoms with Crippen LogP contribution in [-0.2, 0) is 21.9 Å². The normalized spacial score (nSPS) is 28.3. The maximum absolute atomic E-state index is 13.2. The maximum Gasteiger partial charge on any atom is 0.240 e. The third-order valence-corrected chi connectivity index (χ3v) is 9.38. The lowest BCUT2D eigenvalue weighted by Gasteiger charge is -2.55. The van der Waals surface area contributed by atoms with Crippen molar-refractivity contribution in [3.63, 3.8) is 0 Å². The lowest BCUT2D eigenvalue weighted by atomic mass is 9.49. The van der Waals surface area contributed by atoms with Gasteiger partial charge in [-0.15, -0.1) is 0 Å². The highest BCUT2D eigenvalue weighted by Crippen LogP contribution is 2.57. The van der Waals surface area contributed by atoms with Crippen LogP contribution in [0.3, 0.4) is 0 Å². The molecule has 2 aliphatic carbocycles. The molecule has 1 saturated carbocycles. The second kappa shape index (κ2) is 8.00. The van der Waals surface area contributed by atoms with Gasteiger partial charge >= 0.3 is 0 Å². The number of halogens is 1. The molecular formula is C26H34FNO2S. The van der Waals surface area contributed by atoms with E-state index in [4.69, 9.17) is 0 Å². The Hall–Kier alpha value is -1.72. The maximum atomic E-state index is 13.2. The summed E-state index contributed by atoms with van der Waals surface area (Å²) in [6, 6.07) is 12.0. The van der Waals surface area contributed by atoms with Gasteiger partial charge in [-0.3, -0.25) is 0 Å². The molecule has 1 fully saturated rings. The molecule has 1 N–H and O–H groups in total. The Labute approximate surface area is 186 Å². The van der Waals surface area contributed by atoms with E-state index >= 15 is 0 Å². The molecule has 3 atom stereocenters. The highest BCUT2D eigenvalue weighted by Gasteiger charge is 2.51. The van der Waals surface area contributed by atoms with Gasteiger partial charge in [-0.2, -0.15) is 0 Å². The molecule has 0 bridgehead atoms. The smallest absolute Gasteiger partial charge is 0.211 e. The fourth-order valence-corrected chi connectivity index (χ4v) is 7.32. The van der Waals surface area contributed by atoms with Crippen molar-refractivity contribution < 1.29 is 12.8 Å². The first kappa shape index (κ1) is 22.5. The van der Waals surface area contributed by atoms with Crippen LogP contribution >= 0.6 is 0 Å². The topological polar surface area (TPSA) is 46.2 Å². The molecule has 168 valence electrons. The van der Waals surface area contributed by atoms with Gasteiger partial charge in [-0.1, -0.05) is 52.3 Å². The molecule has 2 aromatic rings. The van der Waals surface area contributed by atoms with Gasteiger partial charge < -0.3 is 0 Å². The molecule has 0 saturated heterocycles. The van der Waals surface area contributed by atoms with Gasteiger partial charge in [-0.25, -0.2) is 17.5 Å². The minimum Gasteiger partial charge on any atom is -0.211 e. The molecule has 3 nitrogen and oxygen atoms in total. The van der Waals surface area contributed by atoms with Gasteiger partial charge in [0, 0.05) is 6.54 Å². The summed E-state index contributed by atoms with van der Waals surface area (Å²) in [5, 5.41) is 0. The fraction of sp³-hybridized carbons (Fsp3) is 0.538. The number of hydrogen-bond donors (Lipinski definition) is 1. The quantitative estimate of drug-likeness (QED) is 0.622. The molecule has 0 radical (unpaired) electrons. The molecular weight excluding hydrogens is 409 g/mol. The van der Waals surface area contributed by atoms with Crippen LogP contribution in [0.25, 0.3) is 0 Å². The summed E-state index contributed by atoms with van der Waals surface area (Å²) in [5.41, 5.74) is 4.25. The van der Waals surface area contributed by atoms with E-state index in [-0.39, 0.29) is 15.7 Å². The van der Waals surface area contributed by atoms with E-state index < -0.39 is 15.8 Å². The molecule has 0 amide bonds. The summed E-state index contributed by atoms with van der Waals surface area (Å²) in [6.45, 7) is 9.52. The van der Waals surface area contributed by atoms with E-state index in [1.165, 1.54) is 41.0 Å². The van der Waals surface area contributed by atoms with Crippen molar-refractivity contribution in [1.29, 1.82) is 0 Å².